The third-order valence-corrected chi connectivity index (χ3v) is 2.57. The first-order valence-electron chi connectivity index (χ1n) is 4.87. The van der Waals surface area contributed by atoms with Gasteiger partial charge < -0.3 is 4.98 Å². The molecule has 2 rings (SSSR count). The van der Waals surface area contributed by atoms with Gasteiger partial charge in [0.1, 0.15) is 11.4 Å². The number of benzene rings is 1. The van der Waals surface area contributed by atoms with Crippen LogP contribution in [0.2, 0.25) is 0 Å². The molecule has 88 valence electrons. The molecule has 0 aliphatic rings. The zero-order chi connectivity index (χ0) is 12.6. The lowest BCUT2D eigenvalue weighted by molar-refractivity contribution is 0.0952. The second-order valence-corrected chi connectivity index (χ2v) is 3.62. The van der Waals surface area contributed by atoms with Crippen LogP contribution in [0, 0.1) is 12.7 Å². The molecule has 0 unspecified atom stereocenters. The number of amides is 1. The molecule has 0 bridgehead atoms. The van der Waals surface area contributed by atoms with Gasteiger partial charge in [0, 0.05) is 6.20 Å². The topological polar surface area (TPSA) is 88.0 Å². The molecular formula is C11H10FN3O2. The van der Waals surface area contributed by atoms with E-state index < -0.39 is 17.2 Å². The Kier molecular flexibility index (Phi) is 2.64. The van der Waals surface area contributed by atoms with E-state index >= 15 is 0 Å². The molecule has 5 nitrogen and oxygen atoms in total. The largest absolute Gasteiger partial charge is 0.360 e. The molecule has 0 aliphatic carbocycles. The summed E-state index contributed by atoms with van der Waals surface area (Å²) in [4.78, 5) is 25.9. The Balaban J connectivity index is 2.89. The lowest BCUT2D eigenvalue weighted by Gasteiger charge is -2.05. The number of nitrogens with one attached hydrogen (secondary N) is 2. The normalized spacial score (nSPS) is 10.5. The van der Waals surface area contributed by atoms with Crippen LogP contribution in [0.15, 0.2) is 23.1 Å². The standard InChI is InChI=1S/C11H10FN3O2/c1-5-2-3-7(12)8-9(5)14-4-6(10(8)16)11(17)15-13/h2-4H,13H2,1H3,(H,14,16)(H,15,17). The average molecular weight is 235 g/mol. The number of aryl methyl sites for hydroxylation is 1. The van der Waals surface area contributed by atoms with Gasteiger partial charge >= 0.3 is 0 Å². The van der Waals surface area contributed by atoms with Crippen LogP contribution in [0.25, 0.3) is 10.9 Å². The van der Waals surface area contributed by atoms with E-state index in [2.05, 4.69) is 4.98 Å². The summed E-state index contributed by atoms with van der Waals surface area (Å²) in [5, 5.41) is -0.133. The van der Waals surface area contributed by atoms with Gasteiger partial charge in [-0.05, 0) is 18.6 Å². The number of pyridine rings is 1. The fourth-order valence-corrected chi connectivity index (χ4v) is 1.68. The van der Waals surface area contributed by atoms with Crippen LogP contribution >= 0.6 is 0 Å². The Labute approximate surface area is 95.4 Å². The minimum absolute atomic E-state index is 0.133. The van der Waals surface area contributed by atoms with Crippen LogP contribution < -0.4 is 16.7 Å². The predicted octanol–water partition coefficient (Wildman–Crippen LogP) is 0.579. The molecule has 0 radical (unpaired) electrons. The number of carbonyl (C=O) groups is 1. The number of aromatic amines is 1. The molecule has 2 aromatic rings. The number of nitrogen functional groups attached to an aromatic ring is 1. The molecule has 0 atom stereocenters. The van der Waals surface area contributed by atoms with Crippen LogP contribution in [0.3, 0.4) is 0 Å². The maximum absolute atomic E-state index is 13.6. The highest BCUT2D eigenvalue weighted by Gasteiger charge is 2.15. The second-order valence-electron chi connectivity index (χ2n) is 3.62. The fraction of sp³-hybridized carbons (Fsp3) is 0.0909. The van der Waals surface area contributed by atoms with Crippen LogP contribution in [-0.4, -0.2) is 10.9 Å². The van der Waals surface area contributed by atoms with Crippen molar-refractivity contribution in [2.75, 3.05) is 0 Å². The predicted molar refractivity (Wildman–Crippen MR) is 60.9 cm³/mol. The van der Waals surface area contributed by atoms with Crippen molar-refractivity contribution in [3.8, 4) is 0 Å². The first kappa shape index (κ1) is 11.3. The molecule has 6 heteroatoms. The van der Waals surface area contributed by atoms with Gasteiger partial charge in [0.15, 0.2) is 0 Å². The number of carbonyl (C=O) groups excluding carboxylic acids is 1. The summed E-state index contributed by atoms with van der Waals surface area (Å²) < 4.78 is 13.6. The molecule has 1 amide bonds. The Morgan fingerprint density at radius 2 is 2.18 bits per heavy atom. The Morgan fingerprint density at radius 1 is 1.47 bits per heavy atom. The van der Waals surface area contributed by atoms with Crippen LogP contribution in [0.1, 0.15) is 15.9 Å². The smallest absolute Gasteiger partial charge is 0.270 e. The van der Waals surface area contributed by atoms with E-state index in [1.165, 1.54) is 12.3 Å². The summed E-state index contributed by atoms with van der Waals surface area (Å²) in [6.07, 6.45) is 1.22. The zero-order valence-corrected chi connectivity index (χ0v) is 9.00. The van der Waals surface area contributed by atoms with E-state index in [-0.39, 0.29) is 10.9 Å². The van der Waals surface area contributed by atoms with E-state index in [1.807, 2.05) is 5.43 Å². The maximum atomic E-state index is 13.6. The zero-order valence-electron chi connectivity index (χ0n) is 9.00. The van der Waals surface area contributed by atoms with Gasteiger partial charge in [-0.15, -0.1) is 0 Å². The molecule has 1 heterocycles. The van der Waals surface area contributed by atoms with Gasteiger partial charge in [-0.2, -0.15) is 0 Å². The molecule has 17 heavy (non-hydrogen) atoms. The molecule has 4 N–H and O–H groups in total. The fourth-order valence-electron chi connectivity index (χ4n) is 1.68. The summed E-state index contributed by atoms with van der Waals surface area (Å²) >= 11 is 0. The van der Waals surface area contributed by atoms with Crippen molar-refractivity contribution in [2.45, 2.75) is 6.92 Å². The maximum Gasteiger partial charge on any atom is 0.270 e. The molecule has 1 aromatic heterocycles. The van der Waals surface area contributed by atoms with Crippen molar-refractivity contribution in [1.29, 1.82) is 0 Å². The van der Waals surface area contributed by atoms with Crippen LogP contribution in [0.4, 0.5) is 4.39 Å². The monoisotopic (exact) mass is 235 g/mol. The molecule has 0 saturated carbocycles. The summed E-state index contributed by atoms with van der Waals surface area (Å²) in [6.45, 7) is 1.74. The minimum atomic E-state index is -0.756. The SMILES string of the molecule is Cc1ccc(F)c2c(=O)c(C(=O)NN)c[nH]c12. The van der Waals surface area contributed by atoms with Gasteiger partial charge in [0.25, 0.3) is 5.91 Å². The first-order chi connectivity index (χ1) is 8.06. The van der Waals surface area contributed by atoms with E-state index in [1.54, 1.807) is 13.0 Å². The average Bonchev–Trinajstić information content (AvgIpc) is 2.33. The van der Waals surface area contributed by atoms with Gasteiger partial charge in [0.2, 0.25) is 5.43 Å². The van der Waals surface area contributed by atoms with Crippen molar-refractivity contribution in [3.05, 3.63) is 45.5 Å². The van der Waals surface area contributed by atoms with Crippen LogP contribution in [0.5, 0.6) is 0 Å². The minimum Gasteiger partial charge on any atom is -0.360 e. The summed E-state index contributed by atoms with van der Waals surface area (Å²) in [6, 6.07) is 2.74. The number of rotatable bonds is 1. The lowest BCUT2D eigenvalue weighted by Crippen LogP contribution is -2.34. The van der Waals surface area contributed by atoms with Crippen molar-refractivity contribution in [3.63, 3.8) is 0 Å². The number of hydrogen-bond acceptors (Lipinski definition) is 3. The number of hydrazine groups is 1. The highest BCUT2D eigenvalue weighted by atomic mass is 19.1. The summed E-state index contributed by atoms with van der Waals surface area (Å²) in [5.74, 6) is 3.52. The lowest BCUT2D eigenvalue weighted by atomic mass is 10.1. The van der Waals surface area contributed by atoms with E-state index in [9.17, 15) is 14.0 Å². The number of hydrogen-bond donors (Lipinski definition) is 3. The Morgan fingerprint density at radius 3 is 2.82 bits per heavy atom. The number of aromatic nitrogens is 1. The van der Waals surface area contributed by atoms with E-state index in [0.717, 1.165) is 5.56 Å². The molecule has 0 fully saturated rings. The number of fused-ring (bicyclic) bond motifs is 1. The number of nitrogens with two attached hydrogens (primary N) is 1. The van der Waals surface area contributed by atoms with Gasteiger partial charge in [-0.1, -0.05) is 6.07 Å². The Hall–Kier alpha value is -2.21. The van der Waals surface area contributed by atoms with Crippen LogP contribution in [-0.2, 0) is 0 Å². The Bertz CT molecular complexity index is 664. The second kappa shape index (κ2) is 3.99. The summed E-state index contributed by atoms with van der Waals surface area (Å²) in [7, 11) is 0. The van der Waals surface area contributed by atoms with Gasteiger partial charge in [0.05, 0.1) is 10.9 Å². The van der Waals surface area contributed by atoms with Gasteiger partial charge in [-0.25, -0.2) is 10.2 Å². The number of H-pyrrole nitrogens is 1. The molecule has 1 aromatic carbocycles. The quantitative estimate of drug-likeness (QED) is 0.384. The van der Waals surface area contributed by atoms with E-state index in [0.29, 0.717) is 5.52 Å². The number of halogens is 1. The third-order valence-electron chi connectivity index (χ3n) is 2.57. The van der Waals surface area contributed by atoms with E-state index in [4.69, 9.17) is 5.84 Å². The van der Waals surface area contributed by atoms with Crippen molar-refractivity contribution in [2.24, 2.45) is 5.84 Å². The third kappa shape index (κ3) is 1.68. The van der Waals surface area contributed by atoms with Crippen molar-refractivity contribution >= 4 is 16.8 Å². The molecule has 0 spiro atoms. The van der Waals surface area contributed by atoms with Crippen molar-refractivity contribution < 1.29 is 9.18 Å². The van der Waals surface area contributed by atoms with Gasteiger partial charge in [-0.3, -0.25) is 15.0 Å². The summed E-state index contributed by atoms with van der Waals surface area (Å²) in [5.41, 5.74) is 2.04. The first-order valence-corrected chi connectivity index (χ1v) is 4.87. The highest BCUT2D eigenvalue weighted by molar-refractivity contribution is 5.97. The molecular weight excluding hydrogens is 225 g/mol. The molecule has 0 aliphatic heterocycles. The highest BCUT2D eigenvalue weighted by Crippen LogP contribution is 2.16. The molecule has 0 saturated heterocycles. The van der Waals surface area contributed by atoms with Crippen molar-refractivity contribution in [1.82, 2.24) is 10.4 Å².